The molecule has 3 aromatic heterocycles. The maximum atomic E-state index is 11.9. The van der Waals surface area contributed by atoms with E-state index < -0.39 is 5.60 Å². The topological polar surface area (TPSA) is 84.1 Å². The molecule has 0 bridgehead atoms. The summed E-state index contributed by atoms with van der Waals surface area (Å²) in [6, 6.07) is 5.55. The third-order valence-corrected chi connectivity index (χ3v) is 6.10. The Morgan fingerprint density at radius 3 is 2.56 bits per heavy atom. The fourth-order valence-electron chi connectivity index (χ4n) is 3.90. The Bertz CT molecular complexity index is 1320. The van der Waals surface area contributed by atoms with Gasteiger partial charge >= 0.3 is 0 Å². The molecular formula is C29H37N5O2. The molecule has 0 atom stereocenters. The van der Waals surface area contributed by atoms with Crippen LogP contribution in [0.4, 0.5) is 0 Å². The minimum absolute atomic E-state index is 0.0942. The summed E-state index contributed by atoms with van der Waals surface area (Å²) in [4.78, 5) is 27.4. The molecule has 0 unspecified atom stereocenters. The van der Waals surface area contributed by atoms with Gasteiger partial charge in [0, 0.05) is 85.5 Å². The van der Waals surface area contributed by atoms with Crippen molar-refractivity contribution in [2.24, 2.45) is 7.05 Å². The van der Waals surface area contributed by atoms with Crippen molar-refractivity contribution in [3.63, 3.8) is 0 Å². The van der Waals surface area contributed by atoms with E-state index in [0.717, 1.165) is 52.2 Å². The number of aliphatic hydroxyl groups is 1. The van der Waals surface area contributed by atoms with E-state index in [1.54, 1.807) is 33.3 Å². The largest absolute Gasteiger partial charge is 0.386 e. The van der Waals surface area contributed by atoms with Crippen LogP contribution in [-0.2, 0) is 25.6 Å². The lowest BCUT2D eigenvalue weighted by Crippen LogP contribution is -2.30. The molecule has 7 heteroatoms. The van der Waals surface area contributed by atoms with Crippen LogP contribution >= 0.6 is 0 Å². The number of fused-ring (bicyclic) bond motifs is 1. The fourth-order valence-corrected chi connectivity index (χ4v) is 3.90. The summed E-state index contributed by atoms with van der Waals surface area (Å²) in [5.74, 6) is 0.599. The third kappa shape index (κ3) is 6.34. The van der Waals surface area contributed by atoms with E-state index >= 15 is 0 Å². The molecule has 0 radical (unpaired) electrons. The predicted molar refractivity (Wildman–Crippen MR) is 145 cm³/mol. The Balaban J connectivity index is 0.00000115. The Kier molecular flexibility index (Phi) is 8.58. The van der Waals surface area contributed by atoms with E-state index in [2.05, 4.69) is 41.4 Å². The summed E-state index contributed by atoms with van der Waals surface area (Å²) in [7, 11) is 1.71. The summed E-state index contributed by atoms with van der Waals surface area (Å²) < 4.78 is 1.52. The first kappa shape index (κ1) is 27.0. The second-order valence-electron chi connectivity index (χ2n) is 9.70. The second-order valence-corrected chi connectivity index (χ2v) is 9.70. The van der Waals surface area contributed by atoms with Gasteiger partial charge in [0.15, 0.2) is 0 Å². The molecule has 1 aliphatic rings. The third-order valence-electron chi connectivity index (χ3n) is 6.10. The summed E-state index contributed by atoms with van der Waals surface area (Å²) >= 11 is 0. The summed E-state index contributed by atoms with van der Waals surface area (Å²) in [6.45, 7) is 15.6. The second kappa shape index (κ2) is 11.4. The minimum Gasteiger partial charge on any atom is -0.386 e. The Morgan fingerprint density at radius 1 is 1.17 bits per heavy atom. The van der Waals surface area contributed by atoms with E-state index in [-0.39, 0.29) is 5.56 Å². The van der Waals surface area contributed by atoms with Crippen molar-refractivity contribution in [3.05, 3.63) is 93.8 Å². The molecule has 0 aromatic carbocycles. The quantitative estimate of drug-likeness (QED) is 0.518. The van der Waals surface area contributed by atoms with Gasteiger partial charge in [-0.05, 0) is 50.1 Å². The molecule has 0 aliphatic carbocycles. The van der Waals surface area contributed by atoms with E-state index in [0.29, 0.717) is 12.4 Å². The summed E-state index contributed by atoms with van der Waals surface area (Å²) in [5, 5.41) is 10.3. The Labute approximate surface area is 213 Å². The number of hydrogen-bond acceptors (Lipinski definition) is 6. The molecule has 4 rings (SSSR count). The maximum absolute atomic E-state index is 11.9. The van der Waals surface area contributed by atoms with Gasteiger partial charge in [-0.25, -0.2) is 4.98 Å². The Morgan fingerprint density at radius 2 is 1.86 bits per heavy atom. The zero-order chi connectivity index (χ0) is 26.5. The van der Waals surface area contributed by atoms with Crippen molar-refractivity contribution in [1.82, 2.24) is 24.4 Å². The first-order chi connectivity index (χ1) is 17.0. The van der Waals surface area contributed by atoms with Gasteiger partial charge in [0.1, 0.15) is 5.82 Å². The van der Waals surface area contributed by atoms with Crippen molar-refractivity contribution in [2.75, 3.05) is 6.54 Å². The van der Waals surface area contributed by atoms with Crippen LogP contribution in [0.15, 0.2) is 65.6 Å². The molecule has 0 spiro atoms. The number of hydrogen-bond donors (Lipinski definition) is 1. The number of pyridine rings is 2. The number of rotatable bonds is 5. The van der Waals surface area contributed by atoms with Crippen LogP contribution in [0.3, 0.4) is 0 Å². The first-order valence-corrected chi connectivity index (χ1v) is 12.4. The van der Waals surface area contributed by atoms with Crippen molar-refractivity contribution >= 4 is 6.08 Å². The molecule has 0 saturated heterocycles. The molecular weight excluding hydrogens is 450 g/mol. The van der Waals surface area contributed by atoms with Crippen molar-refractivity contribution < 1.29 is 5.11 Å². The maximum Gasteiger partial charge on any atom is 0.253 e. The molecule has 1 N–H and O–H groups in total. The normalized spacial score (nSPS) is 13.5. The molecule has 0 fully saturated rings. The lowest BCUT2D eigenvalue weighted by molar-refractivity contribution is 0.0783. The van der Waals surface area contributed by atoms with Crippen LogP contribution in [0, 0.1) is 0 Å². The van der Waals surface area contributed by atoms with Gasteiger partial charge in [0.05, 0.1) is 5.60 Å². The zero-order valence-corrected chi connectivity index (χ0v) is 22.2. The van der Waals surface area contributed by atoms with Gasteiger partial charge in [-0.3, -0.25) is 19.3 Å². The van der Waals surface area contributed by atoms with Gasteiger partial charge in [-0.15, -0.1) is 0 Å². The highest BCUT2D eigenvalue weighted by molar-refractivity contribution is 5.64. The molecule has 190 valence electrons. The fraction of sp³-hybridized carbons (Fsp3) is 0.379. The first-order valence-electron chi connectivity index (χ1n) is 12.4. The van der Waals surface area contributed by atoms with Crippen LogP contribution in [0.25, 0.3) is 17.2 Å². The highest BCUT2D eigenvalue weighted by Gasteiger charge is 2.21. The molecule has 0 saturated carbocycles. The van der Waals surface area contributed by atoms with Crippen molar-refractivity contribution in [1.29, 1.82) is 0 Å². The average Bonchev–Trinajstić information content (AvgIpc) is 2.85. The molecule has 0 amide bonds. The predicted octanol–water partition coefficient (Wildman–Crippen LogP) is 4.86. The lowest BCUT2D eigenvalue weighted by Gasteiger charge is -2.32. The highest BCUT2D eigenvalue weighted by Crippen LogP contribution is 2.29. The van der Waals surface area contributed by atoms with Crippen LogP contribution in [0.5, 0.6) is 0 Å². The van der Waals surface area contributed by atoms with Crippen LogP contribution in [-0.4, -0.2) is 36.1 Å². The number of aromatic nitrogens is 4. The number of allylic oxidation sites excluding steroid dienone is 1. The minimum atomic E-state index is -0.958. The molecule has 1 aliphatic heterocycles. The number of nitrogens with zero attached hydrogens (tertiary/aromatic N) is 5. The van der Waals surface area contributed by atoms with Gasteiger partial charge in [0.25, 0.3) is 5.56 Å². The molecule has 4 heterocycles. The smallest absolute Gasteiger partial charge is 0.253 e. The van der Waals surface area contributed by atoms with Gasteiger partial charge in [-0.2, -0.15) is 0 Å². The van der Waals surface area contributed by atoms with Gasteiger partial charge in [0.2, 0.25) is 0 Å². The van der Waals surface area contributed by atoms with Crippen molar-refractivity contribution in [2.45, 2.75) is 59.6 Å². The van der Waals surface area contributed by atoms with Crippen molar-refractivity contribution in [3.8, 4) is 11.1 Å². The Hall–Kier alpha value is -3.58. The van der Waals surface area contributed by atoms with E-state index in [1.807, 2.05) is 25.3 Å². The van der Waals surface area contributed by atoms with E-state index in [4.69, 9.17) is 4.98 Å². The molecule has 7 nitrogen and oxygen atoms in total. The molecule has 36 heavy (non-hydrogen) atoms. The van der Waals surface area contributed by atoms with Gasteiger partial charge < -0.3 is 10.0 Å². The van der Waals surface area contributed by atoms with E-state index in [9.17, 15) is 9.90 Å². The molecule has 3 aromatic rings. The summed E-state index contributed by atoms with van der Waals surface area (Å²) in [6.07, 6.45) is 10.8. The SMILES string of the molecule is C=C(/C(C)=C\c1nccc(=O)n1C)N1CCc2ncc(-c3cncc(C(C)(C)O)c3)cc2C1.CCC. The standard InChI is InChI=1S/C26H29N5O2.C3H8/c1-17(10-24-28-8-6-25(32)30(24)5)18(2)31-9-7-23-21(16-31)11-19(14-29-23)20-12-22(15-27-13-20)26(3,4)33;1-3-2/h6,8,10-15,33H,2,7,9,16H2,1,3-5H3;3H2,1-2H3/b17-10-;. The zero-order valence-electron chi connectivity index (χ0n) is 22.2. The highest BCUT2D eigenvalue weighted by atomic mass is 16.3. The van der Waals surface area contributed by atoms with Crippen LogP contribution < -0.4 is 5.56 Å². The van der Waals surface area contributed by atoms with Gasteiger partial charge in [-0.1, -0.05) is 26.8 Å². The van der Waals surface area contributed by atoms with Crippen LogP contribution in [0.2, 0.25) is 0 Å². The van der Waals surface area contributed by atoms with E-state index in [1.165, 1.54) is 23.3 Å². The monoisotopic (exact) mass is 487 g/mol. The average molecular weight is 488 g/mol. The van der Waals surface area contributed by atoms with Crippen LogP contribution in [0.1, 0.15) is 63.7 Å². The summed E-state index contributed by atoms with van der Waals surface area (Å²) in [5.41, 5.74) is 5.69. The lowest BCUT2D eigenvalue weighted by atomic mass is 9.96.